The lowest BCUT2D eigenvalue weighted by molar-refractivity contribution is 0.0701. The summed E-state index contributed by atoms with van der Waals surface area (Å²) >= 11 is 0. The first kappa shape index (κ1) is 13.6. The third-order valence-electron chi connectivity index (χ3n) is 2.42. The first-order valence-corrected chi connectivity index (χ1v) is 5.34. The van der Waals surface area contributed by atoms with Crippen molar-refractivity contribution >= 4 is 5.91 Å². The summed E-state index contributed by atoms with van der Waals surface area (Å²) in [4.78, 5) is 13.3. The van der Waals surface area contributed by atoms with Crippen molar-refractivity contribution in [3.8, 4) is 0 Å². The molecule has 0 bridgehead atoms. The van der Waals surface area contributed by atoms with E-state index in [1.54, 1.807) is 6.92 Å². The molecule has 0 saturated heterocycles. The zero-order valence-corrected chi connectivity index (χ0v) is 9.87. The maximum absolute atomic E-state index is 13.4. The number of hydrogen-bond acceptors (Lipinski definition) is 2. The van der Waals surface area contributed by atoms with Crippen molar-refractivity contribution < 1.29 is 18.3 Å². The summed E-state index contributed by atoms with van der Waals surface area (Å²) in [5, 5.41) is 0. The molecule has 0 N–H and O–H groups in total. The zero-order chi connectivity index (χ0) is 12.8. The number of likely N-dealkylation sites (N-methyl/N-ethyl adjacent to an activating group) is 1. The highest BCUT2D eigenvalue weighted by Crippen LogP contribution is 2.13. The smallest absolute Gasteiger partial charge is 0.257 e. The van der Waals surface area contributed by atoms with Gasteiger partial charge in [0.15, 0.2) is 11.6 Å². The van der Waals surface area contributed by atoms with E-state index in [0.29, 0.717) is 19.7 Å². The molecule has 5 heteroatoms. The van der Waals surface area contributed by atoms with Gasteiger partial charge in [-0.2, -0.15) is 0 Å². The molecule has 0 fully saturated rings. The van der Waals surface area contributed by atoms with E-state index in [2.05, 4.69) is 0 Å². The number of rotatable bonds is 5. The summed E-state index contributed by atoms with van der Waals surface area (Å²) in [7, 11) is 1.51. The average Bonchev–Trinajstić information content (AvgIpc) is 2.33. The number of benzene rings is 1. The Hall–Kier alpha value is -1.49. The number of ether oxygens (including phenoxy) is 1. The molecular formula is C12H15F2NO2. The Labute approximate surface area is 99.0 Å². The Kier molecular flexibility index (Phi) is 5.03. The molecular weight excluding hydrogens is 228 g/mol. The van der Waals surface area contributed by atoms with Gasteiger partial charge < -0.3 is 9.64 Å². The lowest BCUT2D eigenvalue weighted by atomic mass is 10.1. The highest BCUT2D eigenvalue weighted by atomic mass is 19.2. The molecule has 1 amide bonds. The van der Waals surface area contributed by atoms with Crippen LogP contribution in [0, 0.1) is 11.6 Å². The molecule has 17 heavy (non-hydrogen) atoms. The molecule has 3 nitrogen and oxygen atoms in total. The van der Waals surface area contributed by atoms with Crippen LogP contribution in [0.5, 0.6) is 0 Å². The van der Waals surface area contributed by atoms with Crippen molar-refractivity contribution in [1.29, 1.82) is 0 Å². The minimum Gasteiger partial charge on any atom is -0.383 e. The van der Waals surface area contributed by atoms with Gasteiger partial charge in [0.25, 0.3) is 5.91 Å². The molecule has 0 aliphatic rings. The van der Waals surface area contributed by atoms with E-state index < -0.39 is 17.5 Å². The maximum Gasteiger partial charge on any atom is 0.257 e. The molecule has 1 rings (SSSR count). The number of nitrogens with zero attached hydrogens (tertiary/aromatic N) is 1. The largest absolute Gasteiger partial charge is 0.383 e. The van der Waals surface area contributed by atoms with Gasteiger partial charge in [0.1, 0.15) is 0 Å². The third-order valence-corrected chi connectivity index (χ3v) is 2.42. The van der Waals surface area contributed by atoms with E-state index in [-0.39, 0.29) is 5.56 Å². The predicted molar refractivity (Wildman–Crippen MR) is 59.8 cm³/mol. The van der Waals surface area contributed by atoms with Crippen LogP contribution < -0.4 is 0 Å². The van der Waals surface area contributed by atoms with Gasteiger partial charge in [-0.1, -0.05) is 6.07 Å². The molecule has 1 aromatic carbocycles. The molecule has 0 aromatic heterocycles. The Morgan fingerprint density at radius 3 is 2.71 bits per heavy atom. The van der Waals surface area contributed by atoms with Gasteiger partial charge in [-0.15, -0.1) is 0 Å². The SMILES string of the molecule is CCN(CCOC)C(=O)c1cccc(F)c1F. The maximum atomic E-state index is 13.4. The Bertz CT molecular complexity index is 396. The second kappa shape index (κ2) is 6.30. The number of methoxy groups -OCH3 is 1. The van der Waals surface area contributed by atoms with Crippen molar-refractivity contribution in [3.63, 3.8) is 0 Å². The lowest BCUT2D eigenvalue weighted by Gasteiger charge is -2.20. The normalized spacial score (nSPS) is 10.4. The summed E-state index contributed by atoms with van der Waals surface area (Å²) in [6.45, 7) is 2.89. The number of halogens is 2. The van der Waals surface area contributed by atoms with Crippen LogP contribution >= 0.6 is 0 Å². The van der Waals surface area contributed by atoms with Crippen molar-refractivity contribution in [2.24, 2.45) is 0 Å². The lowest BCUT2D eigenvalue weighted by Crippen LogP contribution is -2.34. The van der Waals surface area contributed by atoms with Crippen LogP contribution in [-0.2, 0) is 4.74 Å². The predicted octanol–water partition coefficient (Wildman–Crippen LogP) is 2.07. The van der Waals surface area contributed by atoms with Crippen molar-refractivity contribution in [2.75, 3.05) is 26.8 Å². The molecule has 0 heterocycles. The highest BCUT2D eigenvalue weighted by molar-refractivity contribution is 5.94. The monoisotopic (exact) mass is 243 g/mol. The van der Waals surface area contributed by atoms with E-state index in [9.17, 15) is 13.6 Å². The van der Waals surface area contributed by atoms with E-state index in [1.807, 2.05) is 0 Å². The van der Waals surface area contributed by atoms with Crippen LogP contribution in [0.15, 0.2) is 18.2 Å². The standard InChI is InChI=1S/C12H15F2NO2/c1-3-15(7-8-17-2)12(16)9-5-4-6-10(13)11(9)14/h4-6H,3,7-8H2,1-2H3. The van der Waals surface area contributed by atoms with Crippen LogP contribution in [0.2, 0.25) is 0 Å². The molecule has 0 spiro atoms. The van der Waals surface area contributed by atoms with Crippen LogP contribution in [0.1, 0.15) is 17.3 Å². The average molecular weight is 243 g/mol. The number of hydrogen-bond donors (Lipinski definition) is 0. The molecule has 0 atom stereocenters. The summed E-state index contributed by atoms with van der Waals surface area (Å²) < 4.78 is 31.3. The van der Waals surface area contributed by atoms with Gasteiger partial charge in [0, 0.05) is 20.2 Å². The fraction of sp³-hybridized carbons (Fsp3) is 0.417. The van der Waals surface area contributed by atoms with Crippen molar-refractivity contribution in [3.05, 3.63) is 35.4 Å². The summed E-state index contributed by atoms with van der Waals surface area (Å²) in [6, 6.07) is 3.57. The first-order chi connectivity index (χ1) is 8.11. The molecule has 0 aliphatic heterocycles. The summed E-state index contributed by atoms with van der Waals surface area (Å²) in [5.41, 5.74) is -0.247. The van der Waals surface area contributed by atoms with E-state index in [4.69, 9.17) is 4.74 Å². The quantitative estimate of drug-likeness (QED) is 0.792. The summed E-state index contributed by atoms with van der Waals surface area (Å²) in [5.74, 6) is -2.64. The first-order valence-electron chi connectivity index (χ1n) is 5.34. The van der Waals surface area contributed by atoms with E-state index in [1.165, 1.54) is 24.1 Å². The highest BCUT2D eigenvalue weighted by Gasteiger charge is 2.19. The topological polar surface area (TPSA) is 29.5 Å². The van der Waals surface area contributed by atoms with E-state index >= 15 is 0 Å². The number of amides is 1. The third kappa shape index (κ3) is 3.23. The molecule has 0 radical (unpaired) electrons. The van der Waals surface area contributed by atoms with Gasteiger partial charge in [0.05, 0.1) is 12.2 Å². The molecule has 0 saturated carbocycles. The minimum absolute atomic E-state index is 0.247. The fourth-order valence-electron chi connectivity index (χ4n) is 1.44. The van der Waals surface area contributed by atoms with Crippen molar-refractivity contribution in [1.82, 2.24) is 4.90 Å². The summed E-state index contributed by atoms with van der Waals surface area (Å²) in [6.07, 6.45) is 0. The zero-order valence-electron chi connectivity index (χ0n) is 9.87. The minimum atomic E-state index is -1.10. The molecule has 0 unspecified atom stereocenters. The number of carbonyl (C=O) groups is 1. The Balaban J connectivity index is 2.90. The van der Waals surface area contributed by atoms with E-state index in [0.717, 1.165) is 6.07 Å². The second-order valence-electron chi connectivity index (χ2n) is 3.48. The van der Waals surface area contributed by atoms with Gasteiger partial charge in [-0.3, -0.25) is 4.79 Å². The van der Waals surface area contributed by atoms with Crippen LogP contribution in [-0.4, -0.2) is 37.6 Å². The fourth-order valence-corrected chi connectivity index (χ4v) is 1.44. The molecule has 0 aliphatic carbocycles. The molecule has 1 aromatic rings. The number of carbonyl (C=O) groups excluding carboxylic acids is 1. The molecule has 94 valence electrons. The van der Waals surface area contributed by atoms with Gasteiger partial charge >= 0.3 is 0 Å². The van der Waals surface area contributed by atoms with Gasteiger partial charge in [0.2, 0.25) is 0 Å². The van der Waals surface area contributed by atoms with Crippen LogP contribution in [0.3, 0.4) is 0 Å². The van der Waals surface area contributed by atoms with Gasteiger partial charge in [-0.05, 0) is 19.1 Å². The van der Waals surface area contributed by atoms with Gasteiger partial charge in [-0.25, -0.2) is 8.78 Å². The Morgan fingerprint density at radius 2 is 2.12 bits per heavy atom. The van der Waals surface area contributed by atoms with Crippen LogP contribution in [0.25, 0.3) is 0 Å². The Morgan fingerprint density at radius 1 is 1.41 bits per heavy atom. The van der Waals surface area contributed by atoms with Crippen molar-refractivity contribution in [2.45, 2.75) is 6.92 Å². The van der Waals surface area contributed by atoms with Crippen LogP contribution in [0.4, 0.5) is 8.78 Å². The second-order valence-corrected chi connectivity index (χ2v) is 3.48.